The zero-order valence-corrected chi connectivity index (χ0v) is 15.1. The van der Waals surface area contributed by atoms with E-state index in [4.69, 9.17) is 0 Å². The van der Waals surface area contributed by atoms with E-state index in [2.05, 4.69) is 34.5 Å². The third-order valence-corrected chi connectivity index (χ3v) is 6.10. The van der Waals surface area contributed by atoms with Gasteiger partial charge in [0.05, 0.1) is 11.4 Å². The maximum Gasteiger partial charge on any atom is 0.319 e. The summed E-state index contributed by atoms with van der Waals surface area (Å²) in [6.07, 6.45) is 1.63. The summed E-state index contributed by atoms with van der Waals surface area (Å²) in [5.41, 5.74) is 1.18. The molecule has 2 N–H and O–H groups in total. The fourth-order valence-electron chi connectivity index (χ4n) is 3.29. The number of hydrogen-bond acceptors (Lipinski definition) is 4. The normalized spacial score (nSPS) is 16.4. The fraction of sp³-hybridized carbons (Fsp3) is 0.300. The molecule has 134 valence electrons. The van der Waals surface area contributed by atoms with E-state index in [-0.39, 0.29) is 5.91 Å². The Labute approximate surface area is 156 Å². The summed E-state index contributed by atoms with van der Waals surface area (Å²) in [6.45, 7) is 1.23. The zero-order valence-electron chi connectivity index (χ0n) is 14.3. The summed E-state index contributed by atoms with van der Waals surface area (Å²) < 4.78 is 0. The number of para-hydroxylation sites is 2. The van der Waals surface area contributed by atoms with Crippen LogP contribution in [0.3, 0.4) is 0 Å². The van der Waals surface area contributed by atoms with Crippen LogP contribution in [0.15, 0.2) is 58.3 Å². The van der Waals surface area contributed by atoms with Crippen molar-refractivity contribution in [1.29, 1.82) is 0 Å². The number of carbonyl (C=O) groups excluding carboxylic acids is 1. The van der Waals surface area contributed by atoms with Gasteiger partial charge in [-0.15, -0.1) is 0 Å². The molecular formula is C20H20N2O3S. The summed E-state index contributed by atoms with van der Waals surface area (Å²) in [6, 6.07) is 16.6. The van der Waals surface area contributed by atoms with Crippen LogP contribution in [0, 0.1) is 5.41 Å². The second kappa shape index (κ2) is 6.68. The van der Waals surface area contributed by atoms with Crippen molar-refractivity contribution in [2.45, 2.75) is 29.1 Å². The van der Waals surface area contributed by atoms with Crippen LogP contribution in [-0.2, 0) is 9.59 Å². The molecule has 1 fully saturated rings. The monoisotopic (exact) mass is 368 g/mol. The van der Waals surface area contributed by atoms with Crippen LogP contribution in [0.4, 0.5) is 11.4 Å². The lowest BCUT2D eigenvalue weighted by Crippen LogP contribution is -2.38. The summed E-state index contributed by atoms with van der Waals surface area (Å²) in [4.78, 5) is 28.0. The molecular weight excluding hydrogens is 348 g/mol. The fourth-order valence-corrected chi connectivity index (χ4v) is 4.39. The second-order valence-corrected chi connectivity index (χ2v) is 7.77. The molecule has 6 heteroatoms. The van der Waals surface area contributed by atoms with Gasteiger partial charge >= 0.3 is 5.97 Å². The number of amides is 1. The smallest absolute Gasteiger partial charge is 0.319 e. The molecule has 1 aliphatic heterocycles. The molecule has 1 amide bonds. The molecule has 0 saturated heterocycles. The Morgan fingerprint density at radius 1 is 1.04 bits per heavy atom. The Hall–Kier alpha value is -2.47. The van der Waals surface area contributed by atoms with Gasteiger partial charge < -0.3 is 15.3 Å². The van der Waals surface area contributed by atoms with Gasteiger partial charge in [0, 0.05) is 22.9 Å². The van der Waals surface area contributed by atoms with Gasteiger partial charge in [0.2, 0.25) is 5.91 Å². The Morgan fingerprint density at radius 2 is 1.62 bits per heavy atom. The largest absolute Gasteiger partial charge is 0.480 e. The average Bonchev–Trinajstić information content (AvgIpc) is 3.46. The van der Waals surface area contributed by atoms with Crippen LogP contribution in [0.1, 0.15) is 19.3 Å². The number of rotatable bonds is 6. The zero-order chi connectivity index (χ0) is 18.1. The number of benzene rings is 2. The summed E-state index contributed by atoms with van der Waals surface area (Å²) >= 11 is 1.77. The van der Waals surface area contributed by atoms with E-state index in [0.29, 0.717) is 19.4 Å². The third kappa shape index (κ3) is 2.94. The van der Waals surface area contributed by atoms with Crippen molar-refractivity contribution < 1.29 is 14.7 Å². The van der Waals surface area contributed by atoms with Gasteiger partial charge in [-0.05, 0) is 43.5 Å². The van der Waals surface area contributed by atoms with Crippen molar-refractivity contribution in [3.05, 3.63) is 48.5 Å². The van der Waals surface area contributed by atoms with Gasteiger partial charge in [0.25, 0.3) is 0 Å². The van der Waals surface area contributed by atoms with Crippen molar-refractivity contribution in [3.8, 4) is 0 Å². The first-order valence-corrected chi connectivity index (χ1v) is 9.59. The van der Waals surface area contributed by atoms with Crippen molar-refractivity contribution >= 4 is 35.0 Å². The van der Waals surface area contributed by atoms with Gasteiger partial charge in [-0.1, -0.05) is 36.0 Å². The molecule has 0 aromatic heterocycles. The van der Waals surface area contributed by atoms with E-state index < -0.39 is 11.4 Å². The topological polar surface area (TPSA) is 69.6 Å². The van der Waals surface area contributed by atoms with E-state index >= 15 is 0 Å². The van der Waals surface area contributed by atoms with E-state index in [9.17, 15) is 14.7 Å². The van der Waals surface area contributed by atoms with Crippen LogP contribution in [-0.4, -0.2) is 30.1 Å². The third-order valence-electron chi connectivity index (χ3n) is 4.97. The van der Waals surface area contributed by atoms with E-state index in [0.717, 1.165) is 13.0 Å². The first-order chi connectivity index (χ1) is 12.6. The molecule has 0 unspecified atom stereocenters. The van der Waals surface area contributed by atoms with Crippen molar-refractivity contribution in [2.75, 3.05) is 18.0 Å². The van der Waals surface area contributed by atoms with Gasteiger partial charge in [-0.2, -0.15) is 0 Å². The minimum atomic E-state index is -1.17. The maximum atomic E-state index is 12.1. The molecule has 0 radical (unpaired) electrons. The number of nitrogens with zero attached hydrogens (tertiary/aromatic N) is 1. The van der Waals surface area contributed by atoms with Crippen LogP contribution in [0.25, 0.3) is 0 Å². The molecule has 2 aromatic rings. The average molecular weight is 368 g/mol. The highest BCUT2D eigenvalue weighted by Crippen LogP contribution is 2.48. The minimum Gasteiger partial charge on any atom is -0.480 e. The number of carbonyl (C=O) groups is 2. The van der Waals surface area contributed by atoms with Crippen LogP contribution in [0.2, 0.25) is 0 Å². The van der Waals surface area contributed by atoms with Crippen molar-refractivity contribution in [2.24, 2.45) is 5.41 Å². The van der Waals surface area contributed by atoms with E-state index in [1.54, 1.807) is 11.8 Å². The van der Waals surface area contributed by atoms with E-state index in [1.807, 2.05) is 24.3 Å². The molecule has 0 bridgehead atoms. The number of aliphatic carboxylic acids is 1. The molecule has 2 aliphatic rings. The summed E-state index contributed by atoms with van der Waals surface area (Å²) in [7, 11) is 0. The molecule has 0 atom stereocenters. The number of anilines is 2. The molecule has 1 heterocycles. The first-order valence-electron chi connectivity index (χ1n) is 8.77. The lowest BCUT2D eigenvalue weighted by molar-refractivity contribution is -0.149. The highest BCUT2D eigenvalue weighted by atomic mass is 32.2. The lowest BCUT2D eigenvalue weighted by atomic mass is 10.1. The molecule has 0 spiro atoms. The number of fused-ring (bicyclic) bond motifs is 2. The highest BCUT2D eigenvalue weighted by Gasteiger charge is 2.56. The molecule has 4 rings (SSSR count). The molecule has 2 aromatic carbocycles. The SMILES string of the molecule is O=C(O)C1(C(=O)NCCCN2c3ccccc3Sc3ccccc32)CC1. The molecule has 26 heavy (non-hydrogen) atoms. The molecule has 5 nitrogen and oxygen atoms in total. The number of nitrogens with one attached hydrogen (secondary N) is 1. The Kier molecular flexibility index (Phi) is 4.36. The second-order valence-electron chi connectivity index (χ2n) is 6.69. The predicted octanol–water partition coefficient (Wildman–Crippen LogP) is 3.66. The molecule has 1 saturated carbocycles. The molecule has 1 aliphatic carbocycles. The Morgan fingerprint density at radius 3 is 2.15 bits per heavy atom. The van der Waals surface area contributed by atoms with E-state index in [1.165, 1.54) is 21.2 Å². The first kappa shape index (κ1) is 17.0. The lowest BCUT2D eigenvalue weighted by Gasteiger charge is -2.32. The van der Waals surface area contributed by atoms with Crippen LogP contribution < -0.4 is 10.2 Å². The Bertz CT molecular complexity index is 818. The number of hydrogen-bond donors (Lipinski definition) is 2. The van der Waals surface area contributed by atoms with Gasteiger partial charge in [-0.3, -0.25) is 9.59 Å². The highest BCUT2D eigenvalue weighted by molar-refractivity contribution is 7.99. The van der Waals surface area contributed by atoms with Gasteiger partial charge in [0.15, 0.2) is 0 Å². The van der Waals surface area contributed by atoms with Crippen molar-refractivity contribution in [3.63, 3.8) is 0 Å². The van der Waals surface area contributed by atoms with Crippen LogP contribution in [0.5, 0.6) is 0 Å². The predicted molar refractivity (Wildman–Crippen MR) is 101 cm³/mol. The Balaban J connectivity index is 1.42. The summed E-state index contributed by atoms with van der Waals surface area (Å²) in [5.74, 6) is -1.36. The van der Waals surface area contributed by atoms with Gasteiger partial charge in [-0.25, -0.2) is 0 Å². The number of carboxylic acids is 1. The van der Waals surface area contributed by atoms with Gasteiger partial charge in [0.1, 0.15) is 5.41 Å². The quantitative estimate of drug-likeness (QED) is 0.601. The minimum absolute atomic E-state index is 0.347. The summed E-state index contributed by atoms with van der Waals surface area (Å²) in [5, 5.41) is 12.0. The van der Waals surface area contributed by atoms with Crippen molar-refractivity contribution in [1.82, 2.24) is 5.32 Å². The van der Waals surface area contributed by atoms with Crippen LogP contribution >= 0.6 is 11.8 Å². The standard InChI is InChI=1S/C20H20N2O3S/c23-18(20(10-11-20)19(24)25)21-12-5-13-22-14-6-1-3-8-16(14)26-17-9-4-2-7-15(17)22/h1-4,6-9H,5,10-13H2,(H,21,23)(H,24,25). The maximum absolute atomic E-state index is 12.1. The number of carboxylic acid groups (broad SMARTS) is 1.